The summed E-state index contributed by atoms with van der Waals surface area (Å²) in [7, 11) is 3.22. The molecule has 0 aromatic carbocycles. The van der Waals surface area contributed by atoms with E-state index in [4.69, 9.17) is 14.2 Å². The minimum Gasteiger partial charge on any atom is -0.376 e. The molecular weight excluding hydrogens is 182 g/mol. The number of rotatable bonds is 9. The van der Waals surface area contributed by atoms with Crippen molar-refractivity contribution in [2.45, 2.75) is 32.6 Å². The van der Waals surface area contributed by atoms with E-state index in [0.717, 1.165) is 19.6 Å². The zero-order valence-corrected chi connectivity index (χ0v) is 9.71. The molecule has 0 aliphatic heterocycles. The van der Waals surface area contributed by atoms with E-state index in [-0.39, 0.29) is 6.29 Å². The Balaban J connectivity index is 3.12. The zero-order chi connectivity index (χ0) is 10.8. The monoisotopic (exact) mass is 205 g/mol. The molecule has 0 aromatic heterocycles. The largest absolute Gasteiger partial charge is 0.376 e. The van der Waals surface area contributed by atoms with Crippen LogP contribution in [0.2, 0.25) is 0 Å². The van der Waals surface area contributed by atoms with Gasteiger partial charge >= 0.3 is 0 Å². The number of hydrogen-bond acceptors (Lipinski definition) is 4. The first-order valence-electron chi connectivity index (χ1n) is 5.07. The Labute approximate surface area is 86.9 Å². The van der Waals surface area contributed by atoms with Crippen molar-refractivity contribution in [3.05, 3.63) is 0 Å². The maximum Gasteiger partial charge on any atom is 0.180 e. The molecule has 4 heteroatoms. The van der Waals surface area contributed by atoms with E-state index < -0.39 is 0 Å². The van der Waals surface area contributed by atoms with Gasteiger partial charge in [-0.15, -0.1) is 0 Å². The van der Waals surface area contributed by atoms with Gasteiger partial charge in [-0.2, -0.15) is 0 Å². The molecule has 1 N–H and O–H groups in total. The van der Waals surface area contributed by atoms with Gasteiger partial charge in [0.25, 0.3) is 0 Å². The van der Waals surface area contributed by atoms with E-state index in [2.05, 4.69) is 19.2 Å². The second kappa shape index (κ2) is 9.40. The van der Waals surface area contributed by atoms with Crippen molar-refractivity contribution in [3.63, 3.8) is 0 Å². The quantitative estimate of drug-likeness (QED) is 0.450. The van der Waals surface area contributed by atoms with Gasteiger partial charge in [0.15, 0.2) is 6.29 Å². The normalized spacial score (nSPS) is 11.6. The van der Waals surface area contributed by atoms with Gasteiger partial charge < -0.3 is 19.5 Å². The lowest BCUT2D eigenvalue weighted by Gasteiger charge is -2.13. The van der Waals surface area contributed by atoms with Crippen molar-refractivity contribution < 1.29 is 14.2 Å². The average Bonchev–Trinajstić information content (AvgIpc) is 2.16. The van der Waals surface area contributed by atoms with Crippen LogP contribution in [0.1, 0.15) is 20.3 Å². The van der Waals surface area contributed by atoms with Crippen molar-refractivity contribution in [1.29, 1.82) is 0 Å². The predicted octanol–water partition coefficient (Wildman–Crippen LogP) is 1.01. The minimum absolute atomic E-state index is 0.243. The molecule has 0 rings (SSSR count). The highest BCUT2D eigenvalue weighted by molar-refractivity contribution is 4.52. The third kappa shape index (κ3) is 8.44. The standard InChI is InChI=1S/C10H23NO3/c1-9(2)11-6-5-7-14-8-10(12-3)13-4/h9-11H,5-8H2,1-4H3. The van der Waals surface area contributed by atoms with E-state index in [1.807, 2.05) is 0 Å². The van der Waals surface area contributed by atoms with Crippen molar-refractivity contribution in [3.8, 4) is 0 Å². The molecule has 0 unspecified atom stereocenters. The van der Waals surface area contributed by atoms with Crippen LogP contribution in [0.3, 0.4) is 0 Å². The summed E-state index contributed by atoms with van der Waals surface area (Å²) in [4.78, 5) is 0. The van der Waals surface area contributed by atoms with Crippen LogP contribution in [0, 0.1) is 0 Å². The fourth-order valence-corrected chi connectivity index (χ4v) is 0.977. The van der Waals surface area contributed by atoms with E-state index in [1.54, 1.807) is 14.2 Å². The molecule has 4 nitrogen and oxygen atoms in total. The maximum absolute atomic E-state index is 5.37. The van der Waals surface area contributed by atoms with Crippen LogP contribution < -0.4 is 5.32 Å². The lowest BCUT2D eigenvalue weighted by Crippen LogP contribution is -2.25. The lowest BCUT2D eigenvalue weighted by molar-refractivity contribution is -0.140. The molecule has 0 bridgehead atoms. The van der Waals surface area contributed by atoms with Crippen LogP contribution in [0.25, 0.3) is 0 Å². The van der Waals surface area contributed by atoms with Crippen LogP contribution in [-0.4, -0.2) is 46.3 Å². The average molecular weight is 205 g/mol. The number of hydrogen-bond donors (Lipinski definition) is 1. The first kappa shape index (κ1) is 13.8. The van der Waals surface area contributed by atoms with Crippen LogP contribution in [0.15, 0.2) is 0 Å². The molecule has 0 amide bonds. The number of methoxy groups -OCH3 is 2. The lowest BCUT2D eigenvalue weighted by atomic mass is 10.3. The summed E-state index contributed by atoms with van der Waals surface area (Å²) >= 11 is 0. The third-order valence-electron chi connectivity index (χ3n) is 1.80. The number of nitrogens with one attached hydrogen (secondary N) is 1. The van der Waals surface area contributed by atoms with Gasteiger partial charge in [0.05, 0.1) is 6.61 Å². The van der Waals surface area contributed by atoms with Crippen molar-refractivity contribution in [2.24, 2.45) is 0 Å². The fraction of sp³-hybridized carbons (Fsp3) is 1.00. The highest BCUT2D eigenvalue weighted by atomic mass is 16.7. The van der Waals surface area contributed by atoms with Crippen molar-refractivity contribution >= 4 is 0 Å². The molecule has 0 spiro atoms. The molecule has 0 fully saturated rings. The molecule has 0 heterocycles. The number of ether oxygens (including phenoxy) is 3. The second-order valence-electron chi connectivity index (χ2n) is 3.44. The third-order valence-corrected chi connectivity index (χ3v) is 1.80. The minimum atomic E-state index is -0.243. The van der Waals surface area contributed by atoms with Gasteiger partial charge in [-0.3, -0.25) is 0 Å². The van der Waals surface area contributed by atoms with E-state index in [0.29, 0.717) is 12.6 Å². The molecular formula is C10H23NO3. The summed E-state index contributed by atoms with van der Waals surface area (Å²) in [5.41, 5.74) is 0. The van der Waals surface area contributed by atoms with E-state index in [1.165, 1.54) is 0 Å². The van der Waals surface area contributed by atoms with Crippen LogP contribution in [-0.2, 0) is 14.2 Å². The Kier molecular flexibility index (Phi) is 9.29. The molecule has 0 radical (unpaired) electrons. The van der Waals surface area contributed by atoms with Gasteiger partial charge in [-0.25, -0.2) is 0 Å². The second-order valence-corrected chi connectivity index (χ2v) is 3.44. The van der Waals surface area contributed by atoms with Crippen LogP contribution in [0.4, 0.5) is 0 Å². The van der Waals surface area contributed by atoms with Gasteiger partial charge in [-0.05, 0) is 13.0 Å². The molecule has 0 saturated heterocycles. The van der Waals surface area contributed by atoms with Crippen molar-refractivity contribution in [2.75, 3.05) is 34.0 Å². The highest BCUT2D eigenvalue weighted by Crippen LogP contribution is 1.92. The van der Waals surface area contributed by atoms with Crippen molar-refractivity contribution in [1.82, 2.24) is 5.32 Å². The molecule has 0 aliphatic rings. The van der Waals surface area contributed by atoms with Crippen LogP contribution >= 0.6 is 0 Å². The Morgan fingerprint density at radius 3 is 2.29 bits per heavy atom. The molecule has 14 heavy (non-hydrogen) atoms. The Morgan fingerprint density at radius 2 is 1.79 bits per heavy atom. The topological polar surface area (TPSA) is 39.7 Å². The van der Waals surface area contributed by atoms with Gasteiger partial charge in [0.2, 0.25) is 0 Å². The first-order chi connectivity index (χ1) is 6.70. The molecule has 86 valence electrons. The summed E-state index contributed by atoms with van der Waals surface area (Å²) in [6.07, 6.45) is 0.770. The Bertz CT molecular complexity index is 116. The Morgan fingerprint density at radius 1 is 1.14 bits per heavy atom. The van der Waals surface area contributed by atoms with Gasteiger partial charge in [-0.1, -0.05) is 13.8 Å². The maximum atomic E-state index is 5.37. The molecule has 0 saturated carbocycles. The summed E-state index contributed by atoms with van der Waals surface area (Å²) in [5, 5.41) is 3.32. The molecule has 0 atom stereocenters. The fourth-order valence-electron chi connectivity index (χ4n) is 0.977. The summed E-state index contributed by atoms with van der Waals surface area (Å²) in [5.74, 6) is 0. The summed E-state index contributed by atoms with van der Waals surface area (Å²) in [6.45, 7) is 6.49. The zero-order valence-electron chi connectivity index (χ0n) is 9.71. The SMILES string of the molecule is COC(COCCCNC(C)C)OC. The Hall–Kier alpha value is -0.160. The van der Waals surface area contributed by atoms with E-state index >= 15 is 0 Å². The highest BCUT2D eigenvalue weighted by Gasteiger charge is 2.03. The molecule has 0 aromatic rings. The smallest absolute Gasteiger partial charge is 0.180 e. The van der Waals surface area contributed by atoms with Crippen LogP contribution in [0.5, 0.6) is 0 Å². The molecule has 0 aliphatic carbocycles. The van der Waals surface area contributed by atoms with E-state index in [9.17, 15) is 0 Å². The first-order valence-corrected chi connectivity index (χ1v) is 5.07. The summed E-state index contributed by atoms with van der Waals surface area (Å²) < 4.78 is 15.3. The van der Waals surface area contributed by atoms with Gasteiger partial charge in [0.1, 0.15) is 0 Å². The van der Waals surface area contributed by atoms with Gasteiger partial charge in [0, 0.05) is 26.9 Å². The predicted molar refractivity (Wildman–Crippen MR) is 56.4 cm³/mol. The summed E-state index contributed by atoms with van der Waals surface area (Å²) in [6, 6.07) is 0.542.